The molecule has 0 unspecified atom stereocenters. The number of aliphatic carboxylic acids is 1. The molecule has 4 N–H and O–H groups in total. The molecule has 38 heavy (non-hydrogen) atoms. The third-order valence-electron chi connectivity index (χ3n) is 5.82. The molecular formula is C29H32N4O5. The Morgan fingerprint density at radius 3 is 2.24 bits per heavy atom. The van der Waals surface area contributed by atoms with E-state index in [1.807, 2.05) is 37.3 Å². The highest BCUT2D eigenvalue weighted by Gasteiger charge is 2.12. The molecule has 0 heterocycles. The minimum Gasteiger partial charge on any atom is -0.481 e. The van der Waals surface area contributed by atoms with Crippen molar-refractivity contribution < 1.29 is 24.3 Å². The van der Waals surface area contributed by atoms with Crippen molar-refractivity contribution in [3.63, 3.8) is 0 Å². The number of urea groups is 1. The zero-order valence-electron chi connectivity index (χ0n) is 21.5. The summed E-state index contributed by atoms with van der Waals surface area (Å²) < 4.78 is 0. The van der Waals surface area contributed by atoms with Gasteiger partial charge < -0.3 is 26.0 Å². The van der Waals surface area contributed by atoms with Gasteiger partial charge in [0.05, 0.1) is 6.42 Å². The van der Waals surface area contributed by atoms with Crippen LogP contribution in [-0.4, -0.2) is 40.4 Å². The van der Waals surface area contributed by atoms with E-state index in [1.54, 1.807) is 47.4 Å². The first-order chi connectivity index (χ1) is 18.2. The molecule has 0 spiro atoms. The van der Waals surface area contributed by atoms with Crippen LogP contribution in [-0.2, 0) is 27.3 Å². The van der Waals surface area contributed by atoms with Gasteiger partial charge in [-0.3, -0.25) is 14.4 Å². The van der Waals surface area contributed by atoms with Crippen molar-refractivity contribution in [2.75, 3.05) is 22.5 Å². The summed E-state index contributed by atoms with van der Waals surface area (Å²) in [5.41, 5.74) is 4.51. The van der Waals surface area contributed by atoms with Gasteiger partial charge in [0.15, 0.2) is 0 Å². The Balaban J connectivity index is 1.51. The molecule has 4 amide bonds. The summed E-state index contributed by atoms with van der Waals surface area (Å²) >= 11 is 0. The Labute approximate surface area is 221 Å². The van der Waals surface area contributed by atoms with Gasteiger partial charge in [-0.1, -0.05) is 42.5 Å². The number of hydrogen-bond donors (Lipinski definition) is 4. The van der Waals surface area contributed by atoms with Crippen LogP contribution in [0.5, 0.6) is 0 Å². The predicted molar refractivity (Wildman–Crippen MR) is 147 cm³/mol. The molecule has 0 aromatic heterocycles. The maximum absolute atomic E-state index is 12.6. The third-order valence-corrected chi connectivity index (χ3v) is 5.82. The summed E-state index contributed by atoms with van der Waals surface area (Å²) in [5, 5.41) is 17.3. The molecule has 0 radical (unpaired) electrons. The lowest BCUT2D eigenvalue weighted by molar-refractivity contribution is -0.138. The lowest BCUT2D eigenvalue weighted by Crippen LogP contribution is -2.29. The second kappa shape index (κ2) is 13.6. The number of para-hydroxylation sites is 1. The lowest BCUT2D eigenvalue weighted by atomic mass is 10.1. The van der Waals surface area contributed by atoms with Crippen LogP contribution in [0.4, 0.5) is 21.9 Å². The fourth-order valence-corrected chi connectivity index (χ4v) is 3.83. The standard InChI is InChI=1S/C29H32N4O5/c1-20-7-3-4-10-26(20)32-29(38)31-24-14-12-22(13-15-24)18-27(35)30-25-9-5-8-23(17-25)19-33(21(2)34)16-6-11-28(36)37/h3-5,7-10,12-15,17H,6,11,16,18-19H2,1-2H3,(H,30,35)(H,36,37)(H2,31,32,38). The molecular weight excluding hydrogens is 484 g/mol. The van der Waals surface area contributed by atoms with E-state index in [0.29, 0.717) is 30.9 Å². The summed E-state index contributed by atoms with van der Waals surface area (Å²) in [7, 11) is 0. The number of nitrogens with one attached hydrogen (secondary N) is 3. The minimum atomic E-state index is -0.896. The van der Waals surface area contributed by atoms with Gasteiger partial charge in [-0.15, -0.1) is 0 Å². The minimum absolute atomic E-state index is 0.00248. The summed E-state index contributed by atoms with van der Waals surface area (Å²) in [6.07, 6.45) is 0.517. The molecule has 0 atom stereocenters. The van der Waals surface area contributed by atoms with Crippen LogP contribution >= 0.6 is 0 Å². The van der Waals surface area contributed by atoms with Crippen LogP contribution < -0.4 is 16.0 Å². The smallest absolute Gasteiger partial charge is 0.323 e. The van der Waals surface area contributed by atoms with E-state index in [0.717, 1.165) is 22.4 Å². The Bertz CT molecular complexity index is 1290. The highest BCUT2D eigenvalue weighted by Crippen LogP contribution is 2.17. The Kier molecular flexibility index (Phi) is 9.99. The topological polar surface area (TPSA) is 128 Å². The van der Waals surface area contributed by atoms with Gasteiger partial charge in [0.25, 0.3) is 0 Å². The first-order valence-corrected chi connectivity index (χ1v) is 12.3. The third kappa shape index (κ3) is 9.09. The van der Waals surface area contributed by atoms with Crippen LogP contribution in [0.15, 0.2) is 72.8 Å². The summed E-state index contributed by atoms with van der Waals surface area (Å²) in [5.74, 6) is -1.24. The van der Waals surface area contributed by atoms with Crippen molar-refractivity contribution in [2.24, 2.45) is 0 Å². The number of nitrogens with zero attached hydrogens (tertiary/aromatic N) is 1. The van der Waals surface area contributed by atoms with Crippen LogP contribution in [0.2, 0.25) is 0 Å². The van der Waals surface area contributed by atoms with E-state index >= 15 is 0 Å². The maximum Gasteiger partial charge on any atom is 0.323 e. The number of carbonyl (C=O) groups excluding carboxylic acids is 3. The normalized spacial score (nSPS) is 10.4. The quantitative estimate of drug-likeness (QED) is 0.284. The zero-order chi connectivity index (χ0) is 27.5. The highest BCUT2D eigenvalue weighted by atomic mass is 16.4. The molecule has 3 aromatic rings. The Morgan fingerprint density at radius 2 is 1.55 bits per heavy atom. The van der Waals surface area contributed by atoms with E-state index in [9.17, 15) is 19.2 Å². The number of benzene rings is 3. The fraction of sp³-hybridized carbons (Fsp3) is 0.241. The van der Waals surface area contributed by atoms with E-state index in [1.165, 1.54) is 6.92 Å². The molecule has 0 saturated carbocycles. The SMILES string of the molecule is CC(=O)N(CCCC(=O)O)Cc1cccc(NC(=O)Cc2ccc(NC(=O)Nc3ccccc3C)cc2)c1. The number of anilines is 3. The molecule has 0 aliphatic rings. The zero-order valence-corrected chi connectivity index (χ0v) is 21.5. The van der Waals surface area contributed by atoms with E-state index < -0.39 is 5.97 Å². The number of carboxylic acids is 1. The number of hydrogen-bond acceptors (Lipinski definition) is 4. The van der Waals surface area contributed by atoms with Gasteiger partial charge in [-0.2, -0.15) is 0 Å². The first kappa shape index (κ1) is 27.9. The Morgan fingerprint density at radius 1 is 0.816 bits per heavy atom. The van der Waals surface area contributed by atoms with Crippen molar-refractivity contribution in [1.29, 1.82) is 0 Å². The average Bonchev–Trinajstić information content (AvgIpc) is 2.86. The van der Waals surface area contributed by atoms with Crippen LogP contribution in [0.3, 0.4) is 0 Å². The average molecular weight is 517 g/mol. The molecule has 3 rings (SSSR count). The van der Waals surface area contributed by atoms with Crippen LogP contribution in [0, 0.1) is 6.92 Å². The lowest BCUT2D eigenvalue weighted by Gasteiger charge is -2.21. The number of aryl methyl sites for hydroxylation is 1. The maximum atomic E-state index is 12.6. The molecule has 0 aliphatic heterocycles. The number of carbonyl (C=O) groups is 4. The molecule has 0 fully saturated rings. The molecule has 0 saturated heterocycles. The van der Waals surface area contributed by atoms with E-state index in [4.69, 9.17) is 5.11 Å². The second-order valence-electron chi connectivity index (χ2n) is 8.95. The second-order valence-corrected chi connectivity index (χ2v) is 8.95. The Hall–Kier alpha value is -4.66. The predicted octanol–water partition coefficient (Wildman–Crippen LogP) is 5.03. The molecule has 0 aliphatic carbocycles. The van der Waals surface area contributed by atoms with Crippen LogP contribution in [0.1, 0.15) is 36.5 Å². The number of rotatable bonds is 11. The van der Waals surface area contributed by atoms with Crippen molar-refractivity contribution in [1.82, 2.24) is 4.90 Å². The largest absolute Gasteiger partial charge is 0.481 e. The summed E-state index contributed by atoms with van der Waals surface area (Å²) in [4.78, 5) is 49.2. The van der Waals surface area contributed by atoms with E-state index in [2.05, 4.69) is 16.0 Å². The fourth-order valence-electron chi connectivity index (χ4n) is 3.83. The number of amides is 4. The summed E-state index contributed by atoms with van der Waals surface area (Å²) in [6, 6.07) is 21.4. The summed E-state index contributed by atoms with van der Waals surface area (Å²) in [6.45, 7) is 4.03. The van der Waals surface area contributed by atoms with Gasteiger partial charge in [0.2, 0.25) is 11.8 Å². The van der Waals surface area contributed by atoms with Crippen molar-refractivity contribution in [2.45, 2.75) is 39.7 Å². The van der Waals surface area contributed by atoms with Gasteiger partial charge in [-0.05, 0) is 60.4 Å². The van der Waals surface area contributed by atoms with Gasteiger partial charge in [0.1, 0.15) is 0 Å². The number of carboxylic acid groups (broad SMARTS) is 1. The van der Waals surface area contributed by atoms with Gasteiger partial charge >= 0.3 is 12.0 Å². The van der Waals surface area contributed by atoms with Crippen molar-refractivity contribution in [3.05, 3.63) is 89.5 Å². The van der Waals surface area contributed by atoms with Crippen molar-refractivity contribution in [3.8, 4) is 0 Å². The highest BCUT2D eigenvalue weighted by molar-refractivity contribution is 6.00. The van der Waals surface area contributed by atoms with E-state index in [-0.39, 0.29) is 30.7 Å². The van der Waals surface area contributed by atoms with Gasteiger partial charge in [-0.25, -0.2) is 4.79 Å². The van der Waals surface area contributed by atoms with Crippen molar-refractivity contribution >= 4 is 40.9 Å². The molecule has 9 heteroatoms. The first-order valence-electron chi connectivity index (χ1n) is 12.3. The van der Waals surface area contributed by atoms with Crippen LogP contribution in [0.25, 0.3) is 0 Å². The molecule has 198 valence electrons. The molecule has 0 bridgehead atoms. The monoisotopic (exact) mass is 516 g/mol. The molecule has 9 nitrogen and oxygen atoms in total. The molecule has 3 aromatic carbocycles. The van der Waals surface area contributed by atoms with Gasteiger partial charge in [0, 0.05) is 43.5 Å².